The van der Waals surface area contributed by atoms with Gasteiger partial charge in [-0.05, 0) is 37.9 Å². The van der Waals surface area contributed by atoms with Crippen molar-refractivity contribution in [3.05, 3.63) is 23.9 Å². The average molecular weight is 279 g/mol. The zero-order valence-corrected chi connectivity index (χ0v) is 13.5. The molecule has 0 bridgehead atoms. The van der Waals surface area contributed by atoms with Gasteiger partial charge in [0, 0.05) is 32.4 Å². The molecule has 1 rings (SSSR count). The maximum absolute atomic E-state index is 5.16. The normalized spacial score (nSPS) is 11.3. The molecular weight excluding hydrogens is 250 g/mol. The summed E-state index contributed by atoms with van der Waals surface area (Å²) in [7, 11) is 1.73. The van der Waals surface area contributed by atoms with Crippen LogP contribution in [-0.4, -0.2) is 37.8 Å². The third kappa shape index (κ3) is 5.88. The topological polar surface area (TPSA) is 37.4 Å². The monoisotopic (exact) mass is 279 g/mol. The molecule has 1 N–H and O–H groups in total. The Labute approximate surface area is 123 Å². The molecule has 1 aromatic rings. The first-order chi connectivity index (χ1) is 9.54. The molecule has 1 aromatic heterocycles. The van der Waals surface area contributed by atoms with Crippen molar-refractivity contribution < 1.29 is 4.74 Å². The second-order valence-electron chi connectivity index (χ2n) is 5.83. The molecule has 1 heterocycles. The van der Waals surface area contributed by atoms with E-state index in [9.17, 15) is 0 Å². The molecule has 0 fully saturated rings. The van der Waals surface area contributed by atoms with E-state index in [1.54, 1.807) is 7.11 Å². The molecule has 0 aromatic carbocycles. The number of rotatable bonds is 9. The molecule has 0 aliphatic rings. The van der Waals surface area contributed by atoms with Crippen molar-refractivity contribution in [2.24, 2.45) is 5.92 Å². The van der Waals surface area contributed by atoms with Gasteiger partial charge in [-0.3, -0.25) is 0 Å². The minimum Gasteiger partial charge on any atom is -0.383 e. The highest BCUT2D eigenvalue weighted by Gasteiger charge is 2.11. The van der Waals surface area contributed by atoms with Gasteiger partial charge in [-0.2, -0.15) is 0 Å². The Bertz CT molecular complexity index is 362. The van der Waals surface area contributed by atoms with Gasteiger partial charge in [-0.25, -0.2) is 4.98 Å². The van der Waals surface area contributed by atoms with Crippen molar-refractivity contribution in [3.63, 3.8) is 0 Å². The number of hydrogen-bond donors (Lipinski definition) is 1. The van der Waals surface area contributed by atoms with Gasteiger partial charge < -0.3 is 15.0 Å². The first kappa shape index (κ1) is 16.9. The fourth-order valence-electron chi connectivity index (χ4n) is 2.02. The van der Waals surface area contributed by atoms with Crippen LogP contribution in [0.25, 0.3) is 0 Å². The third-order valence-electron chi connectivity index (χ3n) is 3.14. The Balaban J connectivity index is 2.58. The molecule has 4 nitrogen and oxygen atoms in total. The van der Waals surface area contributed by atoms with Gasteiger partial charge in [0.25, 0.3) is 0 Å². The van der Waals surface area contributed by atoms with Crippen LogP contribution in [0.15, 0.2) is 18.3 Å². The van der Waals surface area contributed by atoms with E-state index in [0.29, 0.717) is 12.0 Å². The number of hydrogen-bond acceptors (Lipinski definition) is 4. The maximum atomic E-state index is 5.16. The Morgan fingerprint density at radius 1 is 1.25 bits per heavy atom. The number of anilines is 1. The molecule has 0 spiro atoms. The first-order valence-corrected chi connectivity index (χ1v) is 7.45. The van der Waals surface area contributed by atoms with Crippen LogP contribution < -0.4 is 10.2 Å². The van der Waals surface area contributed by atoms with Gasteiger partial charge in [-0.15, -0.1) is 0 Å². The number of pyridine rings is 1. The molecule has 0 saturated carbocycles. The molecule has 0 unspecified atom stereocenters. The summed E-state index contributed by atoms with van der Waals surface area (Å²) in [4.78, 5) is 6.84. The number of nitrogens with zero attached hydrogens (tertiary/aromatic N) is 2. The van der Waals surface area contributed by atoms with E-state index in [4.69, 9.17) is 4.74 Å². The van der Waals surface area contributed by atoms with Gasteiger partial charge in [0.2, 0.25) is 0 Å². The highest BCUT2D eigenvalue weighted by atomic mass is 16.5. The molecule has 20 heavy (non-hydrogen) atoms. The lowest BCUT2D eigenvalue weighted by Gasteiger charge is -2.27. The summed E-state index contributed by atoms with van der Waals surface area (Å²) in [6.07, 6.45) is 1.96. The molecule has 114 valence electrons. The number of ether oxygens (including phenoxy) is 1. The highest BCUT2D eigenvalue weighted by molar-refractivity contribution is 5.40. The summed E-state index contributed by atoms with van der Waals surface area (Å²) in [6, 6.07) is 4.67. The summed E-state index contributed by atoms with van der Waals surface area (Å²) >= 11 is 0. The third-order valence-corrected chi connectivity index (χ3v) is 3.14. The smallest absolute Gasteiger partial charge is 0.128 e. The van der Waals surface area contributed by atoms with Gasteiger partial charge in [-0.1, -0.05) is 19.9 Å². The Kier molecular flexibility index (Phi) is 7.55. The maximum Gasteiger partial charge on any atom is 0.128 e. The van der Waals surface area contributed by atoms with Crippen LogP contribution in [0.4, 0.5) is 5.82 Å². The van der Waals surface area contributed by atoms with E-state index >= 15 is 0 Å². The standard InChI is InChI=1S/C16H29N3O/c1-13(2)10-17-11-15-6-7-16(18-12-15)19(14(3)4)8-9-20-5/h6-7,12-14,17H,8-11H2,1-5H3. The second-order valence-corrected chi connectivity index (χ2v) is 5.83. The summed E-state index contributed by atoms with van der Waals surface area (Å²) in [5.41, 5.74) is 1.23. The number of nitrogens with one attached hydrogen (secondary N) is 1. The van der Waals surface area contributed by atoms with Gasteiger partial charge in [0.1, 0.15) is 5.82 Å². The van der Waals surface area contributed by atoms with E-state index < -0.39 is 0 Å². The van der Waals surface area contributed by atoms with Crippen LogP contribution in [0, 0.1) is 5.92 Å². The molecule has 0 atom stereocenters. The van der Waals surface area contributed by atoms with Crippen LogP contribution in [0.2, 0.25) is 0 Å². The molecular formula is C16H29N3O. The molecule has 0 radical (unpaired) electrons. The molecule has 0 aliphatic heterocycles. The molecule has 0 aliphatic carbocycles. The van der Waals surface area contributed by atoms with Crippen molar-refractivity contribution in [1.29, 1.82) is 0 Å². The van der Waals surface area contributed by atoms with E-state index in [-0.39, 0.29) is 0 Å². The van der Waals surface area contributed by atoms with Crippen LogP contribution in [0.1, 0.15) is 33.3 Å². The van der Waals surface area contributed by atoms with E-state index in [1.807, 2.05) is 6.20 Å². The SMILES string of the molecule is COCCN(c1ccc(CNCC(C)C)cn1)C(C)C. The fraction of sp³-hybridized carbons (Fsp3) is 0.688. The predicted octanol–water partition coefficient (Wildman–Crippen LogP) is 2.69. The molecule has 0 saturated heterocycles. The summed E-state index contributed by atoms with van der Waals surface area (Å²) in [6.45, 7) is 12.3. The van der Waals surface area contributed by atoms with Crippen LogP contribution in [0.5, 0.6) is 0 Å². The fourth-order valence-corrected chi connectivity index (χ4v) is 2.02. The quantitative estimate of drug-likeness (QED) is 0.754. The summed E-state index contributed by atoms with van der Waals surface area (Å²) in [5.74, 6) is 1.69. The highest BCUT2D eigenvalue weighted by Crippen LogP contribution is 2.14. The number of methoxy groups -OCH3 is 1. The number of aromatic nitrogens is 1. The minimum atomic E-state index is 0.419. The minimum absolute atomic E-state index is 0.419. The lowest BCUT2D eigenvalue weighted by Crippen LogP contribution is -2.34. The lowest BCUT2D eigenvalue weighted by atomic mass is 10.2. The Morgan fingerprint density at radius 2 is 2.00 bits per heavy atom. The van der Waals surface area contributed by atoms with Crippen LogP contribution in [0.3, 0.4) is 0 Å². The molecule has 4 heteroatoms. The second kappa shape index (κ2) is 8.93. The largest absolute Gasteiger partial charge is 0.383 e. The predicted molar refractivity (Wildman–Crippen MR) is 85.1 cm³/mol. The Hall–Kier alpha value is -1.13. The zero-order chi connectivity index (χ0) is 15.0. The molecule has 0 amide bonds. The van der Waals surface area contributed by atoms with Crippen molar-refractivity contribution in [3.8, 4) is 0 Å². The average Bonchev–Trinajstić information content (AvgIpc) is 2.40. The van der Waals surface area contributed by atoms with Crippen LogP contribution >= 0.6 is 0 Å². The van der Waals surface area contributed by atoms with Crippen molar-refractivity contribution in [2.75, 3.05) is 31.7 Å². The van der Waals surface area contributed by atoms with Gasteiger partial charge in [0.05, 0.1) is 6.61 Å². The lowest BCUT2D eigenvalue weighted by molar-refractivity contribution is 0.203. The summed E-state index contributed by atoms with van der Waals surface area (Å²) < 4.78 is 5.16. The first-order valence-electron chi connectivity index (χ1n) is 7.45. The van der Waals surface area contributed by atoms with E-state index in [1.165, 1.54) is 5.56 Å². The summed E-state index contributed by atoms with van der Waals surface area (Å²) in [5, 5.41) is 3.43. The van der Waals surface area contributed by atoms with Crippen molar-refractivity contribution >= 4 is 5.82 Å². The van der Waals surface area contributed by atoms with Crippen LogP contribution in [-0.2, 0) is 11.3 Å². The van der Waals surface area contributed by atoms with E-state index in [0.717, 1.165) is 32.1 Å². The Morgan fingerprint density at radius 3 is 2.50 bits per heavy atom. The van der Waals surface area contributed by atoms with E-state index in [2.05, 4.69) is 55.0 Å². The zero-order valence-electron chi connectivity index (χ0n) is 13.5. The van der Waals surface area contributed by atoms with Crippen molar-refractivity contribution in [2.45, 2.75) is 40.3 Å². The van der Waals surface area contributed by atoms with Gasteiger partial charge >= 0.3 is 0 Å². The van der Waals surface area contributed by atoms with Crippen molar-refractivity contribution in [1.82, 2.24) is 10.3 Å². The van der Waals surface area contributed by atoms with Gasteiger partial charge in [0.15, 0.2) is 0 Å².